The fraction of sp³-hybridized carbons (Fsp3) is 0.294. The van der Waals surface area contributed by atoms with E-state index in [0.29, 0.717) is 18.3 Å². The maximum atomic E-state index is 5.42. The quantitative estimate of drug-likeness (QED) is 0.666. The van der Waals surface area contributed by atoms with E-state index in [1.807, 2.05) is 30.3 Å². The van der Waals surface area contributed by atoms with E-state index in [2.05, 4.69) is 45.8 Å². The summed E-state index contributed by atoms with van der Waals surface area (Å²) in [5.41, 5.74) is 0.940. The van der Waals surface area contributed by atoms with Crippen molar-refractivity contribution in [3.05, 3.63) is 53.1 Å². The molecule has 1 aliphatic rings. The molecule has 0 aliphatic carbocycles. The molecular formula is C17H17BrN6O. The van der Waals surface area contributed by atoms with Gasteiger partial charge in [-0.05, 0) is 18.2 Å². The molecule has 7 nitrogen and oxygen atoms in total. The predicted octanol–water partition coefficient (Wildman–Crippen LogP) is 2.61. The summed E-state index contributed by atoms with van der Waals surface area (Å²) in [4.78, 5) is 17.6. The second kappa shape index (κ2) is 7.28. The van der Waals surface area contributed by atoms with Gasteiger partial charge in [-0.25, -0.2) is 9.97 Å². The van der Waals surface area contributed by atoms with E-state index < -0.39 is 0 Å². The molecule has 0 amide bonds. The highest BCUT2D eigenvalue weighted by Gasteiger charge is 2.20. The number of anilines is 1. The molecule has 0 bridgehead atoms. The van der Waals surface area contributed by atoms with Crippen molar-refractivity contribution in [2.24, 2.45) is 0 Å². The summed E-state index contributed by atoms with van der Waals surface area (Å²) in [6.07, 6.45) is 3.55. The molecule has 0 saturated carbocycles. The van der Waals surface area contributed by atoms with Crippen LogP contribution in [0.4, 0.5) is 5.95 Å². The Hall–Kier alpha value is -2.32. The SMILES string of the molecule is Brc1cccc(-c2noc(CN3CCN(c4ncccn4)CC3)n2)c1. The molecule has 128 valence electrons. The lowest BCUT2D eigenvalue weighted by atomic mass is 10.2. The molecule has 0 spiro atoms. The average Bonchev–Trinajstić information content (AvgIpc) is 3.12. The van der Waals surface area contributed by atoms with Gasteiger partial charge in [0.05, 0.1) is 6.54 Å². The Labute approximate surface area is 153 Å². The molecule has 8 heteroatoms. The van der Waals surface area contributed by atoms with Gasteiger partial charge in [-0.1, -0.05) is 33.2 Å². The van der Waals surface area contributed by atoms with Gasteiger partial charge in [-0.3, -0.25) is 4.90 Å². The first kappa shape index (κ1) is 16.2. The fourth-order valence-electron chi connectivity index (χ4n) is 2.82. The number of halogens is 1. The third kappa shape index (κ3) is 3.85. The van der Waals surface area contributed by atoms with Crippen molar-refractivity contribution in [2.75, 3.05) is 31.1 Å². The zero-order chi connectivity index (χ0) is 17.1. The number of aromatic nitrogens is 4. The first-order chi connectivity index (χ1) is 12.3. The molecule has 3 heterocycles. The third-order valence-electron chi connectivity index (χ3n) is 4.12. The molecule has 1 saturated heterocycles. The zero-order valence-corrected chi connectivity index (χ0v) is 15.1. The van der Waals surface area contributed by atoms with Crippen LogP contribution in [0.2, 0.25) is 0 Å². The van der Waals surface area contributed by atoms with Gasteiger partial charge in [0.1, 0.15) is 0 Å². The van der Waals surface area contributed by atoms with Crippen LogP contribution in [0.1, 0.15) is 5.89 Å². The highest BCUT2D eigenvalue weighted by molar-refractivity contribution is 9.10. The summed E-state index contributed by atoms with van der Waals surface area (Å²) in [7, 11) is 0. The summed E-state index contributed by atoms with van der Waals surface area (Å²) >= 11 is 3.46. The van der Waals surface area contributed by atoms with Crippen LogP contribution in [0.5, 0.6) is 0 Å². The molecule has 0 radical (unpaired) electrons. The van der Waals surface area contributed by atoms with Crippen molar-refractivity contribution in [2.45, 2.75) is 6.54 Å². The molecule has 2 aromatic heterocycles. The van der Waals surface area contributed by atoms with Gasteiger partial charge in [-0.2, -0.15) is 4.98 Å². The minimum atomic E-state index is 0.618. The first-order valence-corrected chi connectivity index (χ1v) is 8.90. The minimum Gasteiger partial charge on any atom is -0.338 e. The summed E-state index contributed by atoms with van der Waals surface area (Å²) in [5.74, 6) is 2.05. The third-order valence-corrected chi connectivity index (χ3v) is 4.61. The normalized spacial score (nSPS) is 15.5. The topological polar surface area (TPSA) is 71.2 Å². The zero-order valence-electron chi connectivity index (χ0n) is 13.5. The van der Waals surface area contributed by atoms with Gasteiger partial charge in [0.25, 0.3) is 0 Å². The van der Waals surface area contributed by atoms with Crippen molar-refractivity contribution in [1.29, 1.82) is 0 Å². The van der Waals surface area contributed by atoms with Crippen LogP contribution in [-0.2, 0) is 6.54 Å². The lowest BCUT2D eigenvalue weighted by Crippen LogP contribution is -2.46. The standard InChI is InChI=1S/C17H17BrN6O/c18-14-4-1-3-13(11-14)16-21-15(25-22-16)12-23-7-9-24(10-8-23)17-19-5-2-6-20-17/h1-6,11H,7-10,12H2. The summed E-state index contributed by atoms with van der Waals surface area (Å²) < 4.78 is 6.41. The lowest BCUT2D eigenvalue weighted by Gasteiger charge is -2.33. The van der Waals surface area contributed by atoms with Gasteiger partial charge in [0.15, 0.2) is 0 Å². The monoisotopic (exact) mass is 400 g/mol. The van der Waals surface area contributed by atoms with Gasteiger partial charge >= 0.3 is 0 Å². The maximum Gasteiger partial charge on any atom is 0.241 e. The van der Waals surface area contributed by atoms with Crippen LogP contribution in [0, 0.1) is 0 Å². The molecule has 1 fully saturated rings. The maximum absolute atomic E-state index is 5.42. The van der Waals surface area contributed by atoms with Crippen molar-refractivity contribution in [3.63, 3.8) is 0 Å². The molecule has 0 N–H and O–H groups in total. The highest BCUT2D eigenvalue weighted by Crippen LogP contribution is 2.21. The van der Waals surface area contributed by atoms with Crippen LogP contribution in [0.25, 0.3) is 11.4 Å². The second-order valence-electron chi connectivity index (χ2n) is 5.83. The minimum absolute atomic E-state index is 0.618. The van der Waals surface area contributed by atoms with Crippen LogP contribution in [0.15, 0.2) is 51.7 Å². The Morgan fingerprint density at radius 1 is 1.04 bits per heavy atom. The Bertz CT molecular complexity index is 832. The van der Waals surface area contributed by atoms with Gasteiger partial charge in [0, 0.05) is 48.6 Å². The number of nitrogens with zero attached hydrogens (tertiary/aromatic N) is 6. The molecule has 3 aromatic rings. The van der Waals surface area contributed by atoms with E-state index in [4.69, 9.17) is 4.52 Å². The Morgan fingerprint density at radius 2 is 1.84 bits per heavy atom. The molecular weight excluding hydrogens is 384 g/mol. The van der Waals surface area contributed by atoms with Crippen LogP contribution < -0.4 is 4.90 Å². The predicted molar refractivity (Wildman–Crippen MR) is 97.0 cm³/mol. The summed E-state index contributed by atoms with van der Waals surface area (Å²) in [5, 5.41) is 4.09. The van der Waals surface area contributed by atoms with Crippen LogP contribution in [-0.4, -0.2) is 51.2 Å². The molecule has 1 aromatic carbocycles. The van der Waals surface area contributed by atoms with Gasteiger partial charge < -0.3 is 9.42 Å². The Balaban J connectivity index is 1.36. The molecule has 0 unspecified atom stereocenters. The number of hydrogen-bond acceptors (Lipinski definition) is 7. The fourth-order valence-corrected chi connectivity index (χ4v) is 3.21. The van der Waals surface area contributed by atoms with Crippen molar-refractivity contribution < 1.29 is 4.52 Å². The van der Waals surface area contributed by atoms with E-state index in [9.17, 15) is 0 Å². The van der Waals surface area contributed by atoms with Crippen LogP contribution >= 0.6 is 15.9 Å². The highest BCUT2D eigenvalue weighted by atomic mass is 79.9. The van der Waals surface area contributed by atoms with Gasteiger partial charge in [0.2, 0.25) is 17.7 Å². The number of piperazine rings is 1. The summed E-state index contributed by atoms with van der Waals surface area (Å²) in [6.45, 7) is 4.25. The van der Waals surface area contributed by atoms with Crippen molar-refractivity contribution >= 4 is 21.9 Å². The summed E-state index contributed by atoms with van der Waals surface area (Å²) in [6, 6.07) is 9.71. The van der Waals surface area contributed by atoms with Crippen LogP contribution in [0.3, 0.4) is 0 Å². The number of benzene rings is 1. The molecule has 1 aliphatic heterocycles. The largest absolute Gasteiger partial charge is 0.338 e. The number of rotatable bonds is 4. The van der Waals surface area contributed by atoms with E-state index in [0.717, 1.165) is 42.2 Å². The Kier molecular flexibility index (Phi) is 4.71. The lowest BCUT2D eigenvalue weighted by molar-refractivity contribution is 0.214. The number of hydrogen-bond donors (Lipinski definition) is 0. The Morgan fingerprint density at radius 3 is 2.60 bits per heavy atom. The van der Waals surface area contributed by atoms with Gasteiger partial charge in [-0.15, -0.1) is 0 Å². The second-order valence-corrected chi connectivity index (χ2v) is 6.75. The van der Waals surface area contributed by atoms with E-state index in [1.165, 1.54) is 0 Å². The average molecular weight is 401 g/mol. The van der Waals surface area contributed by atoms with E-state index >= 15 is 0 Å². The molecule has 25 heavy (non-hydrogen) atoms. The first-order valence-electron chi connectivity index (χ1n) is 8.11. The smallest absolute Gasteiger partial charge is 0.241 e. The molecule has 0 atom stereocenters. The molecule has 4 rings (SSSR count). The van der Waals surface area contributed by atoms with E-state index in [1.54, 1.807) is 12.4 Å². The van der Waals surface area contributed by atoms with Crippen molar-refractivity contribution in [1.82, 2.24) is 25.0 Å². The van der Waals surface area contributed by atoms with E-state index in [-0.39, 0.29) is 0 Å². The van der Waals surface area contributed by atoms with Crippen molar-refractivity contribution in [3.8, 4) is 11.4 Å².